The van der Waals surface area contributed by atoms with Gasteiger partial charge in [0, 0.05) is 37.9 Å². The zero-order chi connectivity index (χ0) is 16.6. The number of nitrogens with zero attached hydrogens (tertiary/aromatic N) is 2. The van der Waals surface area contributed by atoms with Gasteiger partial charge in [0.1, 0.15) is 0 Å². The number of likely N-dealkylation sites (tertiary alicyclic amines) is 1. The van der Waals surface area contributed by atoms with Crippen LogP contribution in [0.2, 0.25) is 0 Å². The minimum atomic E-state index is 0.478. The van der Waals surface area contributed by atoms with Gasteiger partial charge in [-0.05, 0) is 80.8 Å². The molecule has 2 saturated heterocycles. The van der Waals surface area contributed by atoms with Crippen molar-refractivity contribution in [1.82, 2.24) is 10.2 Å². The van der Waals surface area contributed by atoms with E-state index in [1.54, 1.807) is 11.1 Å². The van der Waals surface area contributed by atoms with Crippen molar-refractivity contribution in [2.24, 2.45) is 5.41 Å². The topological polar surface area (TPSA) is 18.5 Å². The van der Waals surface area contributed by atoms with Crippen molar-refractivity contribution in [3.8, 4) is 0 Å². The summed E-state index contributed by atoms with van der Waals surface area (Å²) in [4.78, 5) is 5.07. The summed E-state index contributed by atoms with van der Waals surface area (Å²) in [6.45, 7) is 8.53. The highest BCUT2D eigenvalue weighted by atomic mass is 15.2. The molecular weight excluding hydrogens is 294 g/mol. The Labute approximate surface area is 147 Å². The highest BCUT2D eigenvalue weighted by Gasteiger charge is 2.32. The molecule has 1 aromatic rings. The van der Waals surface area contributed by atoms with Crippen molar-refractivity contribution in [1.29, 1.82) is 0 Å². The number of hydrogen-bond donors (Lipinski definition) is 1. The van der Waals surface area contributed by atoms with Crippen molar-refractivity contribution >= 4 is 5.69 Å². The summed E-state index contributed by atoms with van der Waals surface area (Å²) >= 11 is 0. The molecule has 3 heteroatoms. The molecular formula is C21H33N3. The SMILES string of the molecule is CN1CCC(C)(CNC2CCN(c3ccc4c(c3)CCC4)CC2)C1. The Morgan fingerprint density at radius 1 is 1.12 bits per heavy atom. The van der Waals surface area contributed by atoms with E-state index in [2.05, 4.69) is 47.3 Å². The monoisotopic (exact) mass is 327 g/mol. The number of anilines is 1. The molecule has 1 unspecified atom stereocenters. The minimum Gasteiger partial charge on any atom is -0.371 e. The second-order valence-electron chi connectivity index (χ2n) is 8.75. The largest absolute Gasteiger partial charge is 0.371 e. The van der Waals surface area contributed by atoms with Crippen molar-refractivity contribution < 1.29 is 0 Å². The van der Waals surface area contributed by atoms with Crippen LogP contribution in [0, 0.1) is 5.41 Å². The first kappa shape index (κ1) is 16.4. The first-order chi connectivity index (χ1) is 11.6. The van der Waals surface area contributed by atoms with Crippen LogP contribution < -0.4 is 10.2 Å². The summed E-state index contributed by atoms with van der Waals surface area (Å²) in [6, 6.07) is 7.90. The Morgan fingerprint density at radius 2 is 1.92 bits per heavy atom. The van der Waals surface area contributed by atoms with Gasteiger partial charge < -0.3 is 15.1 Å². The molecule has 0 radical (unpaired) electrons. The second-order valence-corrected chi connectivity index (χ2v) is 8.75. The molecule has 3 aliphatic rings. The molecule has 0 spiro atoms. The third-order valence-corrected chi connectivity index (χ3v) is 6.51. The lowest BCUT2D eigenvalue weighted by Crippen LogP contribution is -2.46. The number of fused-ring (bicyclic) bond motifs is 1. The lowest BCUT2D eigenvalue weighted by molar-refractivity contribution is 0.272. The van der Waals surface area contributed by atoms with E-state index in [4.69, 9.17) is 0 Å². The number of piperidine rings is 1. The third kappa shape index (κ3) is 3.48. The lowest BCUT2D eigenvalue weighted by atomic mass is 9.89. The van der Waals surface area contributed by atoms with E-state index < -0.39 is 0 Å². The molecule has 3 nitrogen and oxygen atoms in total. The molecule has 4 rings (SSSR count). The minimum absolute atomic E-state index is 0.478. The van der Waals surface area contributed by atoms with Crippen LogP contribution in [0.15, 0.2) is 18.2 Å². The van der Waals surface area contributed by atoms with E-state index >= 15 is 0 Å². The first-order valence-corrected chi connectivity index (χ1v) is 9.90. The van der Waals surface area contributed by atoms with Gasteiger partial charge >= 0.3 is 0 Å². The van der Waals surface area contributed by atoms with Crippen molar-refractivity contribution in [2.75, 3.05) is 44.7 Å². The molecule has 1 N–H and O–H groups in total. The Balaban J connectivity index is 1.28. The van der Waals surface area contributed by atoms with Crippen LogP contribution in [0.25, 0.3) is 0 Å². The zero-order valence-corrected chi connectivity index (χ0v) is 15.5. The van der Waals surface area contributed by atoms with Crippen LogP contribution >= 0.6 is 0 Å². The van der Waals surface area contributed by atoms with Crippen molar-refractivity contribution in [3.63, 3.8) is 0 Å². The maximum absolute atomic E-state index is 3.88. The van der Waals surface area contributed by atoms with Crippen molar-refractivity contribution in [3.05, 3.63) is 29.3 Å². The van der Waals surface area contributed by atoms with E-state index in [0.29, 0.717) is 11.5 Å². The molecule has 2 aliphatic heterocycles. The number of benzene rings is 1. The van der Waals surface area contributed by atoms with E-state index in [1.807, 2.05) is 0 Å². The predicted octanol–water partition coefficient (Wildman–Crippen LogP) is 3.08. The number of nitrogens with one attached hydrogen (secondary N) is 1. The van der Waals surface area contributed by atoms with Gasteiger partial charge in [0.05, 0.1) is 0 Å². The first-order valence-electron chi connectivity index (χ1n) is 9.90. The van der Waals surface area contributed by atoms with Crippen molar-refractivity contribution in [2.45, 2.75) is 51.5 Å². The van der Waals surface area contributed by atoms with Crippen LogP contribution in [-0.4, -0.2) is 50.7 Å². The molecule has 1 aromatic carbocycles. The van der Waals surface area contributed by atoms with Gasteiger partial charge in [-0.25, -0.2) is 0 Å². The molecule has 0 bridgehead atoms. The highest BCUT2D eigenvalue weighted by molar-refractivity contribution is 5.52. The van der Waals surface area contributed by atoms with Crippen LogP contribution in [0.4, 0.5) is 5.69 Å². The molecule has 0 amide bonds. The fourth-order valence-electron chi connectivity index (χ4n) is 4.90. The standard InChI is InChI=1S/C21H33N3/c1-21(10-13-23(2)16-21)15-22-19-8-11-24(12-9-19)20-7-6-17-4-3-5-18(17)14-20/h6-7,14,19,22H,3-5,8-13,15-16H2,1-2H3. The lowest BCUT2D eigenvalue weighted by Gasteiger charge is -2.36. The van der Waals surface area contributed by atoms with Gasteiger partial charge in [-0.15, -0.1) is 0 Å². The average molecular weight is 328 g/mol. The van der Waals surface area contributed by atoms with Gasteiger partial charge in [0.25, 0.3) is 0 Å². The summed E-state index contributed by atoms with van der Waals surface area (Å²) in [6.07, 6.45) is 7.82. The summed E-state index contributed by atoms with van der Waals surface area (Å²) in [7, 11) is 2.25. The van der Waals surface area contributed by atoms with Crippen LogP contribution in [0.1, 0.15) is 43.7 Å². The molecule has 24 heavy (non-hydrogen) atoms. The molecule has 1 aliphatic carbocycles. The molecule has 0 aromatic heterocycles. The quantitative estimate of drug-likeness (QED) is 0.917. The van der Waals surface area contributed by atoms with Gasteiger partial charge in [-0.2, -0.15) is 0 Å². The molecule has 132 valence electrons. The smallest absolute Gasteiger partial charge is 0.0369 e. The van der Waals surface area contributed by atoms with Crippen LogP contribution in [-0.2, 0) is 12.8 Å². The van der Waals surface area contributed by atoms with Gasteiger partial charge in [-0.3, -0.25) is 0 Å². The summed E-state index contributed by atoms with van der Waals surface area (Å²) in [5.41, 5.74) is 5.13. The Morgan fingerprint density at radius 3 is 2.67 bits per heavy atom. The molecule has 2 heterocycles. The third-order valence-electron chi connectivity index (χ3n) is 6.51. The summed E-state index contributed by atoms with van der Waals surface area (Å²) in [5, 5.41) is 3.88. The predicted molar refractivity (Wildman–Crippen MR) is 102 cm³/mol. The number of aryl methyl sites for hydroxylation is 2. The van der Waals surface area contributed by atoms with E-state index in [-0.39, 0.29) is 0 Å². The number of rotatable bonds is 4. The zero-order valence-electron chi connectivity index (χ0n) is 15.5. The number of hydrogen-bond acceptors (Lipinski definition) is 3. The van der Waals surface area contributed by atoms with Gasteiger partial charge in [0.15, 0.2) is 0 Å². The highest BCUT2D eigenvalue weighted by Crippen LogP contribution is 2.30. The Hall–Kier alpha value is -1.06. The average Bonchev–Trinajstić information content (AvgIpc) is 3.19. The van der Waals surface area contributed by atoms with Crippen LogP contribution in [0.3, 0.4) is 0 Å². The van der Waals surface area contributed by atoms with E-state index in [9.17, 15) is 0 Å². The second kappa shape index (κ2) is 6.68. The maximum Gasteiger partial charge on any atom is 0.0369 e. The van der Waals surface area contributed by atoms with Crippen LogP contribution in [0.5, 0.6) is 0 Å². The normalized spacial score (nSPS) is 28.5. The summed E-state index contributed by atoms with van der Waals surface area (Å²) < 4.78 is 0. The Kier molecular flexibility index (Phi) is 4.57. The molecule has 1 atom stereocenters. The Bertz CT molecular complexity index is 576. The van der Waals surface area contributed by atoms with E-state index in [0.717, 1.165) is 0 Å². The molecule has 0 saturated carbocycles. The fraction of sp³-hybridized carbons (Fsp3) is 0.714. The van der Waals surface area contributed by atoms with Gasteiger partial charge in [0.2, 0.25) is 0 Å². The fourth-order valence-corrected chi connectivity index (χ4v) is 4.90. The van der Waals surface area contributed by atoms with Gasteiger partial charge in [-0.1, -0.05) is 13.0 Å². The van der Waals surface area contributed by atoms with E-state index in [1.165, 1.54) is 76.9 Å². The summed E-state index contributed by atoms with van der Waals surface area (Å²) in [5.74, 6) is 0. The molecule has 2 fully saturated rings. The maximum atomic E-state index is 3.88.